The summed E-state index contributed by atoms with van der Waals surface area (Å²) < 4.78 is 0. The third kappa shape index (κ3) is 5.01. The Labute approximate surface area is 118 Å². The molecule has 2 amide bonds. The van der Waals surface area contributed by atoms with Gasteiger partial charge in [0.2, 0.25) is 0 Å². The number of carbonyl (C=O) groups excluding carboxylic acids is 1. The maximum atomic E-state index is 12.2. The fourth-order valence-corrected chi connectivity index (χ4v) is 2.42. The van der Waals surface area contributed by atoms with Crippen molar-refractivity contribution in [2.24, 2.45) is 5.92 Å². The number of urea groups is 1. The Kier molecular flexibility index (Phi) is 6.63. The first kappa shape index (κ1) is 16.3. The van der Waals surface area contributed by atoms with Crippen LogP contribution in [0.25, 0.3) is 0 Å². The van der Waals surface area contributed by atoms with Gasteiger partial charge in [0.15, 0.2) is 0 Å². The number of hydrogen-bond donors (Lipinski definition) is 0. The van der Waals surface area contributed by atoms with Crippen molar-refractivity contribution >= 4 is 6.03 Å². The van der Waals surface area contributed by atoms with E-state index in [-0.39, 0.29) is 12.1 Å². The van der Waals surface area contributed by atoms with Crippen LogP contribution in [0.15, 0.2) is 0 Å². The number of hydrogen-bond acceptors (Lipinski definition) is 2. The summed E-state index contributed by atoms with van der Waals surface area (Å²) in [4.78, 5) is 18.4. The van der Waals surface area contributed by atoms with E-state index in [0.29, 0.717) is 0 Å². The molecule has 1 aliphatic heterocycles. The molecular weight excluding hydrogens is 238 g/mol. The Bertz CT molecular complexity index is 273. The topological polar surface area (TPSA) is 26.8 Å². The van der Waals surface area contributed by atoms with Crippen LogP contribution in [0.1, 0.15) is 40.0 Å². The van der Waals surface area contributed by atoms with Gasteiger partial charge in [-0.2, -0.15) is 0 Å². The van der Waals surface area contributed by atoms with Gasteiger partial charge in [-0.3, -0.25) is 0 Å². The molecular formula is C15H31N3O. The standard InChI is InChI=1S/C15H31N3O/c1-6-16(4)10-7-14-8-11-18(12-9-14)15(19)17(5)13(2)3/h13-14H,6-12H2,1-5H3. The van der Waals surface area contributed by atoms with E-state index in [9.17, 15) is 4.79 Å². The molecule has 4 nitrogen and oxygen atoms in total. The molecule has 4 heteroatoms. The zero-order valence-corrected chi connectivity index (χ0v) is 13.4. The van der Waals surface area contributed by atoms with Gasteiger partial charge in [-0.1, -0.05) is 6.92 Å². The monoisotopic (exact) mass is 269 g/mol. The normalized spacial score (nSPS) is 17.3. The minimum absolute atomic E-state index is 0.194. The van der Waals surface area contributed by atoms with Crippen LogP contribution in [0.4, 0.5) is 4.79 Å². The number of piperidine rings is 1. The molecule has 1 aliphatic rings. The van der Waals surface area contributed by atoms with Crippen molar-refractivity contribution in [3.05, 3.63) is 0 Å². The van der Waals surface area contributed by atoms with Gasteiger partial charge in [-0.05, 0) is 59.2 Å². The Morgan fingerprint density at radius 2 is 1.84 bits per heavy atom. The molecule has 0 aromatic rings. The summed E-state index contributed by atoms with van der Waals surface area (Å²) >= 11 is 0. The maximum Gasteiger partial charge on any atom is 0.319 e. The van der Waals surface area contributed by atoms with Crippen molar-refractivity contribution in [2.45, 2.75) is 46.1 Å². The Hall–Kier alpha value is -0.770. The molecule has 0 spiro atoms. The average Bonchev–Trinajstić information content (AvgIpc) is 2.43. The smallest absolute Gasteiger partial charge is 0.319 e. The second-order valence-corrected chi connectivity index (χ2v) is 6.10. The predicted molar refractivity (Wildman–Crippen MR) is 80.4 cm³/mol. The Balaban J connectivity index is 2.30. The van der Waals surface area contributed by atoms with E-state index >= 15 is 0 Å². The average molecular weight is 269 g/mol. The van der Waals surface area contributed by atoms with Gasteiger partial charge in [0.05, 0.1) is 0 Å². The van der Waals surface area contributed by atoms with Gasteiger partial charge < -0.3 is 14.7 Å². The molecule has 0 atom stereocenters. The minimum Gasteiger partial charge on any atom is -0.325 e. The molecule has 1 rings (SSSR count). The number of amides is 2. The number of carbonyl (C=O) groups is 1. The van der Waals surface area contributed by atoms with Gasteiger partial charge in [0.1, 0.15) is 0 Å². The SMILES string of the molecule is CCN(C)CCC1CCN(C(=O)N(C)C(C)C)CC1. The van der Waals surface area contributed by atoms with E-state index in [4.69, 9.17) is 0 Å². The molecule has 0 unspecified atom stereocenters. The van der Waals surface area contributed by atoms with E-state index in [2.05, 4.69) is 32.7 Å². The van der Waals surface area contributed by atoms with Crippen molar-refractivity contribution in [1.29, 1.82) is 0 Å². The largest absolute Gasteiger partial charge is 0.325 e. The Morgan fingerprint density at radius 1 is 1.26 bits per heavy atom. The summed E-state index contributed by atoms with van der Waals surface area (Å²) in [6.45, 7) is 10.5. The third-order valence-corrected chi connectivity index (χ3v) is 4.42. The molecule has 0 saturated carbocycles. The fourth-order valence-electron chi connectivity index (χ4n) is 2.42. The van der Waals surface area contributed by atoms with Crippen LogP contribution in [0.5, 0.6) is 0 Å². The lowest BCUT2D eigenvalue weighted by Gasteiger charge is -2.36. The Morgan fingerprint density at radius 3 is 2.32 bits per heavy atom. The van der Waals surface area contributed by atoms with E-state index < -0.39 is 0 Å². The van der Waals surface area contributed by atoms with Crippen LogP contribution >= 0.6 is 0 Å². The molecule has 0 radical (unpaired) electrons. The van der Waals surface area contributed by atoms with E-state index in [1.807, 2.05) is 16.8 Å². The second kappa shape index (κ2) is 7.73. The first-order chi connectivity index (χ1) is 8.95. The highest BCUT2D eigenvalue weighted by atomic mass is 16.2. The summed E-state index contributed by atoms with van der Waals surface area (Å²) in [5.41, 5.74) is 0. The van der Waals surface area contributed by atoms with Crippen LogP contribution < -0.4 is 0 Å². The molecule has 112 valence electrons. The van der Waals surface area contributed by atoms with Gasteiger partial charge in [-0.15, -0.1) is 0 Å². The summed E-state index contributed by atoms with van der Waals surface area (Å²) in [7, 11) is 4.07. The first-order valence-corrected chi connectivity index (χ1v) is 7.66. The molecule has 0 aliphatic carbocycles. The zero-order valence-electron chi connectivity index (χ0n) is 13.4. The quantitative estimate of drug-likeness (QED) is 0.766. The van der Waals surface area contributed by atoms with Gasteiger partial charge >= 0.3 is 6.03 Å². The van der Waals surface area contributed by atoms with Crippen molar-refractivity contribution in [3.63, 3.8) is 0 Å². The predicted octanol–water partition coefficient (Wildman–Crippen LogP) is 2.50. The first-order valence-electron chi connectivity index (χ1n) is 7.66. The molecule has 1 heterocycles. The number of likely N-dealkylation sites (tertiary alicyclic amines) is 1. The van der Waals surface area contributed by atoms with Crippen LogP contribution in [0.2, 0.25) is 0 Å². The van der Waals surface area contributed by atoms with E-state index in [0.717, 1.165) is 38.4 Å². The highest BCUT2D eigenvalue weighted by molar-refractivity contribution is 5.74. The summed E-state index contributed by atoms with van der Waals surface area (Å²) in [6.07, 6.45) is 3.59. The lowest BCUT2D eigenvalue weighted by Crippen LogP contribution is -2.47. The van der Waals surface area contributed by atoms with Crippen LogP contribution in [-0.2, 0) is 0 Å². The van der Waals surface area contributed by atoms with Gasteiger partial charge in [0.25, 0.3) is 0 Å². The molecule has 1 saturated heterocycles. The number of rotatable bonds is 5. The third-order valence-electron chi connectivity index (χ3n) is 4.42. The van der Waals surface area contributed by atoms with Crippen molar-refractivity contribution in [3.8, 4) is 0 Å². The van der Waals surface area contributed by atoms with Crippen LogP contribution in [0.3, 0.4) is 0 Å². The minimum atomic E-state index is 0.194. The summed E-state index contributed by atoms with van der Waals surface area (Å²) in [5.74, 6) is 0.794. The molecule has 0 aromatic heterocycles. The zero-order chi connectivity index (χ0) is 14.4. The highest BCUT2D eigenvalue weighted by Crippen LogP contribution is 2.21. The number of nitrogens with zero attached hydrogens (tertiary/aromatic N) is 3. The van der Waals surface area contributed by atoms with E-state index in [1.54, 1.807) is 0 Å². The lowest BCUT2D eigenvalue weighted by atomic mass is 9.93. The highest BCUT2D eigenvalue weighted by Gasteiger charge is 2.25. The lowest BCUT2D eigenvalue weighted by molar-refractivity contribution is 0.128. The van der Waals surface area contributed by atoms with Crippen molar-refractivity contribution < 1.29 is 4.79 Å². The van der Waals surface area contributed by atoms with Gasteiger partial charge in [-0.25, -0.2) is 4.79 Å². The molecule has 19 heavy (non-hydrogen) atoms. The van der Waals surface area contributed by atoms with Crippen LogP contribution in [0, 0.1) is 5.92 Å². The maximum absolute atomic E-state index is 12.2. The summed E-state index contributed by atoms with van der Waals surface area (Å²) in [6, 6.07) is 0.475. The van der Waals surface area contributed by atoms with Crippen molar-refractivity contribution in [2.75, 3.05) is 40.3 Å². The summed E-state index contributed by atoms with van der Waals surface area (Å²) in [5, 5.41) is 0. The van der Waals surface area contributed by atoms with Gasteiger partial charge in [0, 0.05) is 26.2 Å². The molecule has 0 bridgehead atoms. The molecule has 0 N–H and O–H groups in total. The fraction of sp³-hybridized carbons (Fsp3) is 0.933. The van der Waals surface area contributed by atoms with Crippen molar-refractivity contribution in [1.82, 2.24) is 14.7 Å². The van der Waals surface area contributed by atoms with Crippen LogP contribution in [-0.4, -0.2) is 67.0 Å². The molecule has 0 aromatic carbocycles. The molecule has 1 fully saturated rings. The van der Waals surface area contributed by atoms with E-state index in [1.165, 1.54) is 13.0 Å². The second-order valence-electron chi connectivity index (χ2n) is 6.10.